The van der Waals surface area contributed by atoms with Gasteiger partial charge in [-0.15, -0.1) is 0 Å². The van der Waals surface area contributed by atoms with Crippen molar-refractivity contribution in [1.82, 2.24) is 15.1 Å². The van der Waals surface area contributed by atoms with Gasteiger partial charge < -0.3 is 15.3 Å². The number of carbonyl (C=O) groups is 2. The summed E-state index contributed by atoms with van der Waals surface area (Å²) in [5.74, 6) is -1.14. The zero-order chi connectivity index (χ0) is 13.3. The average Bonchev–Trinajstić information content (AvgIpc) is 2.27. The molecule has 2 saturated heterocycles. The minimum atomic E-state index is -0.806. The van der Waals surface area contributed by atoms with E-state index in [2.05, 4.69) is 10.2 Å². The summed E-state index contributed by atoms with van der Waals surface area (Å²) in [6.45, 7) is 8.06. The first kappa shape index (κ1) is 13.3. The third-order valence-corrected chi connectivity index (χ3v) is 3.95. The second kappa shape index (κ2) is 4.85. The van der Waals surface area contributed by atoms with Crippen molar-refractivity contribution in [2.75, 3.05) is 39.3 Å². The number of hydrogen-bond donors (Lipinski definition) is 2. The lowest BCUT2D eigenvalue weighted by molar-refractivity contribution is -0.158. The first-order valence-corrected chi connectivity index (χ1v) is 6.41. The molecule has 0 radical (unpaired) electrons. The maximum Gasteiger partial charge on any atom is 0.310 e. The monoisotopic (exact) mass is 255 g/mol. The number of carboxylic acid groups (broad SMARTS) is 1. The fraction of sp³-hybridized carbons (Fsp3) is 0.833. The molecule has 0 aromatic heterocycles. The van der Waals surface area contributed by atoms with Gasteiger partial charge >= 0.3 is 5.97 Å². The van der Waals surface area contributed by atoms with Crippen LogP contribution in [0.1, 0.15) is 13.8 Å². The summed E-state index contributed by atoms with van der Waals surface area (Å²) >= 11 is 0. The minimum absolute atomic E-state index is 0.0434. The van der Waals surface area contributed by atoms with Crippen molar-refractivity contribution in [2.24, 2.45) is 5.92 Å². The molecule has 0 bridgehead atoms. The highest BCUT2D eigenvalue weighted by Gasteiger charge is 2.44. The molecule has 2 fully saturated rings. The first-order valence-electron chi connectivity index (χ1n) is 6.41. The van der Waals surface area contributed by atoms with E-state index in [9.17, 15) is 9.59 Å². The molecule has 2 aliphatic heterocycles. The Kier molecular flexibility index (Phi) is 3.59. The van der Waals surface area contributed by atoms with E-state index in [4.69, 9.17) is 5.11 Å². The summed E-state index contributed by atoms with van der Waals surface area (Å²) in [5.41, 5.74) is -0.536. The fourth-order valence-electron chi connectivity index (χ4n) is 2.55. The zero-order valence-corrected chi connectivity index (χ0v) is 11.0. The van der Waals surface area contributed by atoms with Gasteiger partial charge in [0.25, 0.3) is 0 Å². The van der Waals surface area contributed by atoms with Gasteiger partial charge in [-0.3, -0.25) is 14.5 Å². The van der Waals surface area contributed by atoms with Crippen molar-refractivity contribution in [3.63, 3.8) is 0 Å². The molecule has 0 aromatic carbocycles. The van der Waals surface area contributed by atoms with Crippen LogP contribution in [-0.2, 0) is 9.59 Å². The first-order chi connectivity index (χ1) is 8.43. The SMILES string of the molecule is CC(C)(C(=O)N1CC(C(=O)O)C1)N1CCNCC1. The van der Waals surface area contributed by atoms with Gasteiger partial charge in [-0.25, -0.2) is 0 Å². The van der Waals surface area contributed by atoms with Crippen LogP contribution in [0.5, 0.6) is 0 Å². The standard InChI is InChI=1S/C12H21N3O3/c1-12(2,15-5-3-13-4-6-15)11(18)14-7-9(8-14)10(16)17/h9,13H,3-8H2,1-2H3,(H,16,17). The molecule has 0 aliphatic carbocycles. The van der Waals surface area contributed by atoms with E-state index in [0.29, 0.717) is 13.1 Å². The molecule has 2 heterocycles. The molecule has 0 saturated carbocycles. The summed E-state index contributed by atoms with van der Waals surface area (Å²) < 4.78 is 0. The van der Waals surface area contributed by atoms with E-state index in [1.54, 1.807) is 4.90 Å². The minimum Gasteiger partial charge on any atom is -0.481 e. The highest BCUT2D eigenvalue weighted by Crippen LogP contribution is 2.24. The number of likely N-dealkylation sites (tertiary alicyclic amines) is 1. The molecule has 0 unspecified atom stereocenters. The van der Waals surface area contributed by atoms with Crippen LogP contribution in [0, 0.1) is 5.92 Å². The largest absolute Gasteiger partial charge is 0.481 e. The Morgan fingerprint density at radius 2 is 1.78 bits per heavy atom. The van der Waals surface area contributed by atoms with Gasteiger partial charge in [0.2, 0.25) is 5.91 Å². The van der Waals surface area contributed by atoms with Crippen LogP contribution in [0.25, 0.3) is 0 Å². The molecule has 0 spiro atoms. The van der Waals surface area contributed by atoms with Crippen molar-refractivity contribution < 1.29 is 14.7 Å². The fourth-order valence-corrected chi connectivity index (χ4v) is 2.55. The molecule has 1 amide bonds. The van der Waals surface area contributed by atoms with E-state index in [1.165, 1.54) is 0 Å². The van der Waals surface area contributed by atoms with E-state index in [-0.39, 0.29) is 11.8 Å². The summed E-state index contributed by atoms with van der Waals surface area (Å²) in [6.07, 6.45) is 0. The molecule has 2 aliphatic rings. The number of carbonyl (C=O) groups excluding carboxylic acids is 1. The Balaban J connectivity index is 1.93. The Morgan fingerprint density at radius 1 is 1.22 bits per heavy atom. The lowest BCUT2D eigenvalue weighted by Crippen LogP contribution is -2.65. The highest BCUT2D eigenvalue weighted by molar-refractivity contribution is 5.88. The highest BCUT2D eigenvalue weighted by atomic mass is 16.4. The maximum absolute atomic E-state index is 12.4. The molecule has 2 rings (SSSR count). The smallest absolute Gasteiger partial charge is 0.310 e. The molecule has 6 nitrogen and oxygen atoms in total. The second-order valence-electron chi connectivity index (χ2n) is 5.54. The lowest BCUT2D eigenvalue weighted by Gasteiger charge is -2.46. The Hall–Kier alpha value is -1.14. The normalized spacial score (nSPS) is 22.7. The van der Waals surface area contributed by atoms with Crippen LogP contribution in [0.4, 0.5) is 0 Å². The summed E-state index contributed by atoms with van der Waals surface area (Å²) in [4.78, 5) is 27.0. The van der Waals surface area contributed by atoms with E-state index in [0.717, 1.165) is 26.2 Å². The number of carboxylic acids is 1. The van der Waals surface area contributed by atoms with Gasteiger partial charge in [-0.1, -0.05) is 0 Å². The lowest BCUT2D eigenvalue weighted by atomic mass is 9.93. The molecule has 0 aromatic rings. The third-order valence-electron chi connectivity index (χ3n) is 3.95. The molecular formula is C12H21N3O3. The number of hydrogen-bond acceptors (Lipinski definition) is 4. The van der Waals surface area contributed by atoms with E-state index < -0.39 is 11.5 Å². The van der Waals surface area contributed by atoms with Crippen molar-refractivity contribution in [2.45, 2.75) is 19.4 Å². The van der Waals surface area contributed by atoms with Gasteiger partial charge in [0, 0.05) is 39.3 Å². The Bertz CT molecular complexity index is 344. The predicted octanol–water partition coefficient (Wildman–Crippen LogP) is -0.787. The molecule has 2 N–H and O–H groups in total. The number of nitrogens with zero attached hydrogens (tertiary/aromatic N) is 2. The van der Waals surface area contributed by atoms with E-state index >= 15 is 0 Å². The molecule has 102 valence electrons. The van der Waals surface area contributed by atoms with Gasteiger partial charge in [-0.05, 0) is 13.8 Å². The Labute approximate surface area is 107 Å². The van der Waals surface area contributed by atoms with Gasteiger partial charge in [-0.2, -0.15) is 0 Å². The zero-order valence-electron chi connectivity index (χ0n) is 11.0. The van der Waals surface area contributed by atoms with Crippen LogP contribution in [0.2, 0.25) is 0 Å². The number of amides is 1. The van der Waals surface area contributed by atoms with Crippen LogP contribution in [0.15, 0.2) is 0 Å². The van der Waals surface area contributed by atoms with Crippen LogP contribution < -0.4 is 5.32 Å². The van der Waals surface area contributed by atoms with Gasteiger partial charge in [0.05, 0.1) is 11.5 Å². The van der Waals surface area contributed by atoms with E-state index in [1.807, 2.05) is 13.8 Å². The summed E-state index contributed by atoms with van der Waals surface area (Å²) in [7, 11) is 0. The summed E-state index contributed by atoms with van der Waals surface area (Å²) in [5, 5.41) is 12.1. The van der Waals surface area contributed by atoms with Crippen molar-refractivity contribution in [3.05, 3.63) is 0 Å². The number of piperazine rings is 1. The number of rotatable bonds is 3. The summed E-state index contributed by atoms with van der Waals surface area (Å²) in [6, 6.07) is 0. The molecule has 18 heavy (non-hydrogen) atoms. The van der Waals surface area contributed by atoms with Crippen LogP contribution >= 0.6 is 0 Å². The quantitative estimate of drug-likeness (QED) is 0.691. The average molecular weight is 255 g/mol. The van der Waals surface area contributed by atoms with Crippen LogP contribution in [0.3, 0.4) is 0 Å². The third kappa shape index (κ3) is 2.35. The van der Waals surface area contributed by atoms with Gasteiger partial charge in [0.1, 0.15) is 0 Å². The van der Waals surface area contributed by atoms with Gasteiger partial charge in [0.15, 0.2) is 0 Å². The number of aliphatic carboxylic acids is 1. The Morgan fingerprint density at radius 3 is 2.28 bits per heavy atom. The van der Waals surface area contributed by atoms with Crippen molar-refractivity contribution in [3.8, 4) is 0 Å². The maximum atomic E-state index is 12.4. The van der Waals surface area contributed by atoms with Crippen molar-refractivity contribution >= 4 is 11.9 Å². The molecule has 6 heteroatoms. The predicted molar refractivity (Wildman–Crippen MR) is 66.2 cm³/mol. The number of nitrogens with one attached hydrogen (secondary N) is 1. The molecular weight excluding hydrogens is 234 g/mol. The van der Waals surface area contributed by atoms with Crippen LogP contribution in [-0.4, -0.2) is 71.6 Å². The molecule has 0 atom stereocenters. The second-order valence-corrected chi connectivity index (χ2v) is 5.54. The van der Waals surface area contributed by atoms with Crippen molar-refractivity contribution in [1.29, 1.82) is 0 Å². The topological polar surface area (TPSA) is 72.9 Å².